The number of aromatic nitrogens is 1. The lowest BCUT2D eigenvalue weighted by molar-refractivity contribution is -0.113. The fraction of sp³-hybridized carbons (Fsp3) is 0.167. The molecule has 1 amide bonds. The maximum atomic E-state index is 11.8. The molecule has 0 saturated carbocycles. The smallest absolute Gasteiger partial charge is 0.235 e. The van der Waals surface area contributed by atoms with E-state index in [2.05, 4.69) is 10.3 Å². The zero-order valence-electron chi connectivity index (χ0n) is 13.6. The molecule has 0 unspecified atom stereocenters. The molecule has 0 aliphatic rings. The van der Waals surface area contributed by atoms with E-state index in [-0.39, 0.29) is 11.7 Å². The van der Waals surface area contributed by atoms with Crippen molar-refractivity contribution in [3.63, 3.8) is 0 Å². The van der Waals surface area contributed by atoms with Gasteiger partial charge in [-0.25, -0.2) is 4.98 Å². The Bertz CT molecular complexity index is 1010. The van der Waals surface area contributed by atoms with E-state index in [0.29, 0.717) is 22.2 Å². The van der Waals surface area contributed by atoms with E-state index < -0.39 is 0 Å². The van der Waals surface area contributed by atoms with E-state index >= 15 is 0 Å². The number of carbonyl (C=O) groups excluding carboxylic acids is 1. The number of thiocyanates is 1. The molecule has 0 fully saturated rings. The molecule has 0 bridgehead atoms. The van der Waals surface area contributed by atoms with Gasteiger partial charge in [-0.15, -0.1) is 0 Å². The number of aryl methyl sites for hydroxylation is 2. The molecule has 5 nitrogen and oxygen atoms in total. The van der Waals surface area contributed by atoms with Crippen LogP contribution in [-0.2, 0) is 4.79 Å². The highest BCUT2D eigenvalue weighted by molar-refractivity contribution is 8.04. The Morgan fingerprint density at radius 3 is 2.92 bits per heavy atom. The third kappa shape index (κ3) is 3.78. The Morgan fingerprint density at radius 1 is 1.36 bits per heavy atom. The number of nitrogens with one attached hydrogen (secondary N) is 1. The second-order valence-corrected chi connectivity index (χ2v) is 6.74. The number of halogens is 1. The third-order valence-electron chi connectivity index (χ3n) is 3.58. The van der Waals surface area contributed by atoms with Gasteiger partial charge in [-0.3, -0.25) is 4.79 Å². The Kier molecular flexibility index (Phi) is 4.98. The van der Waals surface area contributed by atoms with Gasteiger partial charge in [0.25, 0.3) is 0 Å². The SMILES string of the molecule is Cc1cc(C)c2oc(-c3ccc(Cl)c(NC(=O)CSC#N)c3)nc2c1. The average molecular weight is 372 g/mol. The largest absolute Gasteiger partial charge is 0.436 e. The Morgan fingerprint density at radius 2 is 2.16 bits per heavy atom. The zero-order valence-corrected chi connectivity index (χ0v) is 15.2. The molecular formula is C18H14ClN3O2S. The van der Waals surface area contributed by atoms with Crippen LogP contribution in [0.4, 0.5) is 5.69 Å². The van der Waals surface area contributed by atoms with Crippen molar-refractivity contribution in [2.75, 3.05) is 11.1 Å². The normalized spacial score (nSPS) is 10.6. The number of benzene rings is 2. The molecule has 25 heavy (non-hydrogen) atoms. The molecule has 0 aliphatic heterocycles. The van der Waals surface area contributed by atoms with Gasteiger partial charge in [-0.05, 0) is 61.0 Å². The lowest BCUT2D eigenvalue weighted by atomic mass is 10.1. The molecular weight excluding hydrogens is 358 g/mol. The number of amides is 1. The van der Waals surface area contributed by atoms with Crippen molar-refractivity contribution in [3.05, 3.63) is 46.5 Å². The Hall–Kier alpha value is -2.49. The van der Waals surface area contributed by atoms with Crippen LogP contribution in [0.15, 0.2) is 34.7 Å². The Labute approximate surface area is 154 Å². The van der Waals surface area contributed by atoms with E-state index in [1.165, 1.54) is 0 Å². The van der Waals surface area contributed by atoms with Crippen LogP contribution >= 0.6 is 23.4 Å². The number of carbonyl (C=O) groups is 1. The predicted octanol–water partition coefficient (Wildman–Crippen LogP) is 4.92. The highest BCUT2D eigenvalue weighted by atomic mass is 35.5. The molecule has 1 aromatic heterocycles. The van der Waals surface area contributed by atoms with E-state index in [9.17, 15) is 4.79 Å². The topological polar surface area (TPSA) is 78.9 Å². The predicted molar refractivity (Wildman–Crippen MR) is 101 cm³/mol. The molecule has 126 valence electrons. The molecule has 3 rings (SSSR count). The van der Waals surface area contributed by atoms with Gasteiger partial charge in [0.1, 0.15) is 10.9 Å². The summed E-state index contributed by atoms with van der Waals surface area (Å²) in [4.78, 5) is 16.3. The van der Waals surface area contributed by atoms with Gasteiger partial charge in [-0.2, -0.15) is 5.26 Å². The van der Waals surface area contributed by atoms with E-state index in [0.717, 1.165) is 34.0 Å². The minimum absolute atomic E-state index is 0.0401. The van der Waals surface area contributed by atoms with Crippen LogP contribution in [0.1, 0.15) is 11.1 Å². The second-order valence-electron chi connectivity index (χ2n) is 5.57. The van der Waals surface area contributed by atoms with Crippen molar-refractivity contribution in [2.45, 2.75) is 13.8 Å². The van der Waals surface area contributed by atoms with Crippen molar-refractivity contribution in [2.24, 2.45) is 0 Å². The summed E-state index contributed by atoms with van der Waals surface area (Å²) in [6.07, 6.45) is 0. The maximum Gasteiger partial charge on any atom is 0.235 e. The minimum Gasteiger partial charge on any atom is -0.436 e. The number of hydrogen-bond donors (Lipinski definition) is 1. The minimum atomic E-state index is -0.297. The maximum absolute atomic E-state index is 11.8. The third-order valence-corrected chi connectivity index (χ3v) is 4.44. The fourth-order valence-corrected chi connectivity index (χ4v) is 2.97. The van der Waals surface area contributed by atoms with Gasteiger partial charge in [0.2, 0.25) is 11.8 Å². The van der Waals surface area contributed by atoms with Crippen LogP contribution in [0.3, 0.4) is 0 Å². The molecule has 0 spiro atoms. The summed E-state index contributed by atoms with van der Waals surface area (Å²) < 4.78 is 5.89. The average Bonchev–Trinajstić information content (AvgIpc) is 2.99. The van der Waals surface area contributed by atoms with E-state index in [1.54, 1.807) is 18.2 Å². The highest BCUT2D eigenvalue weighted by Gasteiger charge is 2.13. The van der Waals surface area contributed by atoms with Crippen LogP contribution in [0.2, 0.25) is 5.02 Å². The van der Waals surface area contributed by atoms with Crippen LogP contribution < -0.4 is 5.32 Å². The van der Waals surface area contributed by atoms with Crippen molar-refractivity contribution in [3.8, 4) is 16.9 Å². The molecule has 0 radical (unpaired) electrons. The lowest BCUT2D eigenvalue weighted by Crippen LogP contribution is -2.14. The molecule has 1 N–H and O–H groups in total. The number of hydrogen-bond acceptors (Lipinski definition) is 5. The van der Waals surface area contributed by atoms with Gasteiger partial charge in [0, 0.05) is 5.56 Å². The van der Waals surface area contributed by atoms with Crippen LogP contribution in [-0.4, -0.2) is 16.6 Å². The highest BCUT2D eigenvalue weighted by Crippen LogP contribution is 2.31. The number of oxazole rings is 1. The molecule has 3 aromatic rings. The standard InChI is InChI=1S/C18H14ClN3O2S/c1-10-5-11(2)17-15(6-10)22-18(24-17)12-3-4-13(19)14(7-12)21-16(23)8-25-9-20/h3-7H,8H2,1-2H3,(H,21,23). The van der Waals surface area contributed by atoms with Crippen molar-refractivity contribution in [1.82, 2.24) is 4.98 Å². The van der Waals surface area contributed by atoms with E-state index in [4.69, 9.17) is 21.3 Å². The molecule has 0 atom stereocenters. The summed E-state index contributed by atoms with van der Waals surface area (Å²) in [6.45, 7) is 3.99. The number of nitrogens with zero attached hydrogens (tertiary/aromatic N) is 2. The Balaban J connectivity index is 1.95. The molecule has 0 saturated heterocycles. The van der Waals surface area contributed by atoms with Crippen molar-refractivity contribution < 1.29 is 9.21 Å². The first kappa shape index (κ1) is 17.3. The van der Waals surface area contributed by atoms with Gasteiger partial charge < -0.3 is 9.73 Å². The monoisotopic (exact) mass is 371 g/mol. The first-order chi connectivity index (χ1) is 12.0. The first-order valence-electron chi connectivity index (χ1n) is 7.46. The van der Waals surface area contributed by atoms with Crippen molar-refractivity contribution in [1.29, 1.82) is 5.26 Å². The van der Waals surface area contributed by atoms with Crippen LogP contribution in [0.5, 0.6) is 0 Å². The van der Waals surface area contributed by atoms with Gasteiger partial charge in [0.15, 0.2) is 5.58 Å². The van der Waals surface area contributed by atoms with Crippen molar-refractivity contribution >= 4 is 46.1 Å². The quantitative estimate of drug-likeness (QED) is 0.658. The number of fused-ring (bicyclic) bond motifs is 1. The number of rotatable bonds is 4. The van der Waals surface area contributed by atoms with Gasteiger partial charge in [-0.1, -0.05) is 17.7 Å². The number of anilines is 1. The molecule has 1 heterocycles. The summed E-state index contributed by atoms with van der Waals surface area (Å²) in [5, 5.41) is 13.5. The summed E-state index contributed by atoms with van der Waals surface area (Å²) in [5.74, 6) is 0.204. The lowest BCUT2D eigenvalue weighted by Gasteiger charge is -2.07. The zero-order chi connectivity index (χ0) is 18.0. The number of thioether (sulfide) groups is 1. The van der Waals surface area contributed by atoms with Gasteiger partial charge in [0.05, 0.1) is 16.5 Å². The fourth-order valence-electron chi connectivity index (χ4n) is 2.54. The van der Waals surface area contributed by atoms with E-state index in [1.807, 2.05) is 31.4 Å². The molecule has 2 aromatic carbocycles. The van der Waals surface area contributed by atoms with Gasteiger partial charge >= 0.3 is 0 Å². The molecule has 0 aliphatic carbocycles. The summed E-state index contributed by atoms with van der Waals surface area (Å²) in [5.41, 5.74) is 4.83. The summed E-state index contributed by atoms with van der Waals surface area (Å²) in [6, 6.07) is 9.18. The summed E-state index contributed by atoms with van der Waals surface area (Å²) in [7, 11) is 0. The first-order valence-corrected chi connectivity index (χ1v) is 8.82. The van der Waals surface area contributed by atoms with Crippen LogP contribution in [0.25, 0.3) is 22.6 Å². The van der Waals surface area contributed by atoms with Crippen LogP contribution in [0, 0.1) is 24.5 Å². The number of nitriles is 1. The second kappa shape index (κ2) is 7.18. The summed E-state index contributed by atoms with van der Waals surface area (Å²) >= 11 is 7.02. The molecule has 7 heteroatoms.